The highest BCUT2D eigenvalue weighted by Crippen LogP contribution is 2.44. The minimum absolute atomic E-state index is 0.0866. The van der Waals surface area contributed by atoms with Crippen molar-refractivity contribution in [1.82, 2.24) is 5.32 Å². The first-order valence-corrected chi connectivity index (χ1v) is 8.50. The minimum Gasteiger partial charge on any atom is -0.492 e. The van der Waals surface area contributed by atoms with Crippen LogP contribution in [0.3, 0.4) is 0 Å². The van der Waals surface area contributed by atoms with E-state index >= 15 is 0 Å². The summed E-state index contributed by atoms with van der Waals surface area (Å²) in [5, 5.41) is 12.4. The van der Waals surface area contributed by atoms with E-state index in [0.29, 0.717) is 41.0 Å². The lowest BCUT2D eigenvalue weighted by Crippen LogP contribution is -2.21. The molecular formula is C20H18F3NO4. The second-order valence-corrected chi connectivity index (χ2v) is 6.09. The van der Waals surface area contributed by atoms with Crippen molar-refractivity contribution in [3.8, 4) is 22.6 Å². The monoisotopic (exact) mass is 393 g/mol. The molecule has 0 aliphatic carbocycles. The molecule has 0 spiro atoms. The zero-order valence-corrected chi connectivity index (χ0v) is 14.8. The summed E-state index contributed by atoms with van der Waals surface area (Å²) in [5.41, 5.74) is 2.50. The van der Waals surface area contributed by atoms with Gasteiger partial charge in [0.2, 0.25) is 5.91 Å². The molecule has 0 aromatic heterocycles. The fraction of sp³-hybridized carbons (Fsp3) is 0.250. The molecule has 0 bridgehead atoms. The Morgan fingerprint density at radius 1 is 1.32 bits per heavy atom. The minimum atomic E-state index is -4.84. The molecule has 2 aromatic carbocycles. The lowest BCUT2D eigenvalue weighted by atomic mass is 9.92. The summed E-state index contributed by atoms with van der Waals surface area (Å²) in [6.45, 7) is 3.53. The molecule has 3 rings (SSSR count). The van der Waals surface area contributed by atoms with Crippen LogP contribution in [-0.4, -0.2) is 24.0 Å². The molecule has 5 nitrogen and oxygen atoms in total. The lowest BCUT2D eigenvalue weighted by molar-refractivity contribution is -0.274. The van der Waals surface area contributed by atoms with Crippen molar-refractivity contribution in [3.63, 3.8) is 0 Å². The Kier molecular flexibility index (Phi) is 5.60. The largest absolute Gasteiger partial charge is 0.573 e. The summed E-state index contributed by atoms with van der Waals surface area (Å²) in [4.78, 5) is 11.5. The van der Waals surface area contributed by atoms with Crippen LogP contribution in [0.2, 0.25) is 0 Å². The molecular weight excluding hydrogens is 375 g/mol. The number of benzene rings is 2. The average molecular weight is 393 g/mol. The van der Waals surface area contributed by atoms with Crippen LogP contribution in [0.4, 0.5) is 13.2 Å². The summed E-state index contributed by atoms with van der Waals surface area (Å²) in [6.07, 6.45) is -3.22. The summed E-state index contributed by atoms with van der Waals surface area (Å²) in [7, 11) is 0. The Morgan fingerprint density at radius 3 is 2.75 bits per heavy atom. The molecule has 8 heteroatoms. The second-order valence-electron chi connectivity index (χ2n) is 6.09. The number of para-hydroxylation sites is 1. The Balaban J connectivity index is 2.13. The van der Waals surface area contributed by atoms with Crippen molar-refractivity contribution in [1.29, 1.82) is 0 Å². The number of aliphatic hydroxyl groups is 1. The SMILES string of the molecule is C=CC(=O)NCc1cc(-c2ccccc2OC(F)(F)F)c2c(c1CO)CCO2. The zero-order valence-electron chi connectivity index (χ0n) is 14.8. The first kappa shape index (κ1) is 19.8. The van der Waals surface area contributed by atoms with Crippen molar-refractivity contribution in [2.45, 2.75) is 25.9 Å². The molecule has 0 saturated carbocycles. The highest BCUT2D eigenvalue weighted by Gasteiger charge is 2.33. The van der Waals surface area contributed by atoms with Gasteiger partial charge in [-0.2, -0.15) is 0 Å². The molecule has 0 radical (unpaired) electrons. The molecule has 1 amide bonds. The standard InChI is InChI=1S/C20H18F3NO4/c1-2-18(26)24-10-12-9-15(19-14(7-8-27-19)16(12)11-25)13-5-3-4-6-17(13)28-20(21,22)23/h2-6,9,25H,1,7-8,10-11H2,(H,24,26). The number of hydrogen-bond acceptors (Lipinski definition) is 4. The molecule has 28 heavy (non-hydrogen) atoms. The van der Waals surface area contributed by atoms with Crippen LogP contribution in [0.15, 0.2) is 43.0 Å². The van der Waals surface area contributed by atoms with E-state index in [9.17, 15) is 23.1 Å². The van der Waals surface area contributed by atoms with E-state index in [0.717, 1.165) is 6.08 Å². The quantitative estimate of drug-likeness (QED) is 0.738. The molecule has 1 aliphatic rings. The number of hydrogen-bond donors (Lipinski definition) is 2. The van der Waals surface area contributed by atoms with Gasteiger partial charge in [0, 0.05) is 29.7 Å². The van der Waals surface area contributed by atoms with Crippen LogP contribution in [0.1, 0.15) is 16.7 Å². The van der Waals surface area contributed by atoms with Gasteiger partial charge in [0.25, 0.3) is 0 Å². The van der Waals surface area contributed by atoms with Crippen LogP contribution < -0.4 is 14.8 Å². The van der Waals surface area contributed by atoms with Crippen LogP contribution in [0.5, 0.6) is 11.5 Å². The summed E-state index contributed by atoms with van der Waals surface area (Å²) < 4.78 is 48.3. The molecule has 0 unspecified atom stereocenters. The Morgan fingerprint density at radius 2 is 2.07 bits per heavy atom. The van der Waals surface area contributed by atoms with Gasteiger partial charge in [-0.25, -0.2) is 0 Å². The molecule has 1 aliphatic heterocycles. The number of fused-ring (bicyclic) bond motifs is 1. The van der Waals surface area contributed by atoms with Gasteiger partial charge in [-0.05, 0) is 29.3 Å². The van der Waals surface area contributed by atoms with Gasteiger partial charge in [0.05, 0.1) is 13.2 Å². The van der Waals surface area contributed by atoms with Crippen molar-refractivity contribution in [2.75, 3.05) is 6.61 Å². The molecule has 2 N–H and O–H groups in total. The second kappa shape index (κ2) is 7.93. The Labute approximate surface area is 159 Å². The number of carbonyl (C=O) groups is 1. The van der Waals surface area contributed by atoms with Crippen molar-refractivity contribution in [2.24, 2.45) is 0 Å². The average Bonchev–Trinajstić information content (AvgIpc) is 3.14. The van der Waals surface area contributed by atoms with Gasteiger partial charge < -0.3 is 19.9 Å². The van der Waals surface area contributed by atoms with E-state index in [1.807, 2.05) is 0 Å². The van der Waals surface area contributed by atoms with E-state index in [-0.39, 0.29) is 24.5 Å². The third-order valence-corrected chi connectivity index (χ3v) is 4.39. The van der Waals surface area contributed by atoms with Gasteiger partial charge in [-0.1, -0.05) is 24.8 Å². The number of ether oxygens (including phenoxy) is 2. The van der Waals surface area contributed by atoms with E-state index in [4.69, 9.17) is 4.74 Å². The van der Waals surface area contributed by atoms with Crippen LogP contribution in [0.25, 0.3) is 11.1 Å². The van der Waals surface area contributed by atoms with Crippen LogP contribution in [0, 0.1) is 0 Å². The van der Waals surface area contributed by atoms with Crippen molar-refractivity contribution in [3.05, 3.63) is 59.7 Å². The molecule has 148 valence electrons. The van der Waals surface area contributed by atoms with Crippen molar-refractivity contribution >= 4 is 5.91 Å². The highest BCUT2D eigenvalue weighted by atomic mass is 19.4. The van der Waals surface area contributed by atoms with E-state index in [2.05, 4.69) is 16.6 Å². The number of nitrogens with one attached hydrogen (secondary N) is 1. The van der Waals surface area contributed by atoms with Gasteiger partial charge in [-0.3, -0.25) is 4.79 Å². The fourth-order valence-corrected chi connectivity index (χ4v) is 3.22. The molecule has 1 heterocycles. The molecule has 0 saturated heterocycles. The number of aliphatic hydroxyl groups excluding tert-OH is 1. The Bertz CT molecular complexity index is 909. The number of carbonyl (C=O) groups excluding carboxylic acids is 1. The molecule has 0 fully saturated rings. The maximum Gasteiger partial charge on any atom is 0.573 e. The smallest absolute Gasteiger partial charge is 0.492 e. The van der Waals surface area contributed by atoms with Gasteiger partial charge >= 0.3 is 6.36 Å². The number of amides is 1. The van der Waals surface area contributed by atoms with E-state index in [1.165, 1.54) is 18.2 Å². The van der Waals surface area contributed by atoms with E-state index < -0.39 is 12.3 Å². The van der Waals surface area contributed by atoms with Gasteiger partial charge in [-0.15, -0.1) is 13.2 Å². The molecule has 2 aromatic rings. The third kappa shape index (κ3) is 4.12. The third-order valence-electron chi connectivity index (χ3n) is 4.39. The first-order chi connectivity index (χ1) is 13.3. The maximum absolute atomic E-state index is 12.8. The topological polar surface area (TPSA) is 67.8 Å². The Hall–Kier alpha value is -3.00. The number of rotatable bonds is 6. The van der Waals surface area contributed by atoms with E-state index in [1.54, 1.807) is 12.1 Å². The number of alkyl halides is 3. The van der Waals surface area contributed by atoms with Crippen LogP contribution in [-0.2, 0) is 24.4 Å². The predicted molar refractivity (Wildman–Crippen MR) is 95.7 cm³/mol. The fourth-order valence-electron chi connectivity index (χ4n) is 3.22. The summed E-state index contributed by atoms with van der Waals surface area (Å²) in [5.74, 6) is -0.338. The molecule has 0 atom stereocenters. The zero-order chi connectivity index (χ0) is 20.3. The van der Waals surface area contributed by atoms with Crippen molar-refractivity contribution < 1.29 is 32.5 Å². The number of halogens is 3. The predicted octanol–water partition coefficient (Wildman–Crippen LogP) is 3.48. The summed E-state index contributed by atoms with van der Waals surface area (Å²) in [6, 6.07) is 7.38. The first-order valence-electron chi connectivity index (χ1n) is 8.50. The van der Waals surface area contributed by atoms with Gasteiger partial charge in [0.1, 0.15) is 11.5 Å². The van der Waals surface area contributed by atoms with Crippen LogP contribution >= 0.6 is 0 Å². The summed E-state index contributed by atoms with van der Waals surface area (Å²) >= 11 is 0. The van der Waals surface area contributed by atoms with Gasteiger partial charge in [0.15, 0.2) is 0 Å². The lowest BCUT2D eigenvalue weighted by Gasteiger charge is -2.19. The maximum atomic E-state index is 12.8. The highest BCUT2D eigenvalue weighted by molar-refractivity contribution is 5.87. The normalized spacial score (nSPS) is 12.9.